The van der Waals surface area contributed by atoms with E-state index in [-0.39, 0.29) is 18.4 Å². The van der Waals surface area contributed by atoms with Gasteiger partial charge in [0.1, 0.15) is 17.3 Å². The lowest BCUT2D eigenvalue weighted by Gasteiger charge is -2.14. The predicted molar refractivity (Wildman–Crippen MR) is 126 cm³/mol. The Morgan fingerprint density at radius 1 is 1.12 bits per heavy atom. The van der Waals surface area contributed by atoms with Gasteiger partial charge in [-0.15, -0.1) is 0 Å². The Bertz CT molecular complexity index is 1150. The fourth-order valence-corrected chi connectivity index (χ4v) is 2.94. The van der Waals surface area contributed by atoms with Crippen LogP contribution < -0.4 is 14.9 Å². The van der Waals surface area contributed by atoms with Gasteiger partial charge < -0.3 is 13.9 Å². The zero-order chi connectivity index (χ0) is 23.6. The Hall–Kier alpha value is -4.13. The molecule has 1 amide bonds. The number of ether oxygens (including phenoxy) is 2. The van der Waals surface area contributed by atoms with E-state index in [0.717, 1.165) is 11.1 Å². The molecule has 0 atom stereocenters. The van der Waals surface area contributed by atoms with E-state index in [2.05, 4.69) is 24.4 Å². The molecular formula is C26H26N2O5. The van der Waals surface area contributed by atoms with Crippen molar-refractivity contribution in [3.8, 4) is 11.5 Å². The van der Waals surface area contributed by atoms with Gasteiger partial charge in [-0.2, -0.15) is 5.10 Å². The van der Waals surface area contributed by atoms with E-state index in [9.17, 15) is 9.59 Å². The van der Waals surface area contributed by atoms with Crippen molar-refractivity contribution in [2.24, 2.45) is 5.10 Å². The number of carbonyl (C=O) groups is 2. The van der Waals surface area contributed by atoms with E-state index in [4.69, 9.17) is 13.9 Å². The second kappa shape index (κ2) is 11.5. The first-order valence-electron chi connectivity index (χ1n) is 10.5. The first-order valence-corrected chi connectivity index (χ1v) is 10.5. The van der Waals surface area contributed by atoms with E-state index in [1.54, 1.807) is 36.4 Å². The van der Waals surface area contributed by atoms with Gasteiger partial charge in [-0.25, -0.2) is 10.2 Å². The number of aryl methyl sites for hydroxylation is 1. The van der Waals surface area contributed by atoms with Crippen LogP contribution in [0.4, 0.5) is 0 Å². The van der Waals surface area contributed by atoms with Crippen LogP contribution in [0.25, 0.3) is 6.08 Å². The lowest BCUT2D eigenvalue weighted by atomic mass is 10.0. The molecule has 1 N–H and O–H groups in total. The van der Waals surface area contributed by atoms with Crippen LogP contribution >= 0.6 is 0 Å². The molecule has 0 aliphatic carbocycles. The number of nitrogens with zero attached hydrogens (tertiary/aromatic N) is 1. The van der Waals surface area contributed by atoms with Crippen molar-refractivity contribution in [3.63, 3.8) is 0 Å². The highest BCUT2D eigenvalue weighted by Gasteiger charge is 2.10. The van der Waals surface area contributed by atoms with Crippen LogP contribution in [0.15, 0.2) is 76.5 Å². The Labute approximate surface area is 192 Å². The minimum absolute atomic E-state index is 0.153. The molecular weight excluding hydrogens is 420 g/mol. The van der Waals surface area contributed by atoms with Crippen LogP contribution in [0, 0.1) is 6.92 Å². The number of nitrogens with one attached hydrogen (secondary N) is 1. The maximum atomic E-state index is 12.1. The van der Waals surface area contributed by atoms with E-state index in [1.165, 1.54) is 24.6 Å². The van der Waals surface area contributed by atoms with Crippen molar-refractivity contribution in [3.05, 3.63) is 89.4 Å². The Balaban J connectivity index is 1.50. The molecule has 0 spiro atoms. The summed E-state index contributed by atoms with van der Waals surface area (Å²) in [7, 11) is 0. The van der Waals surface area contributed by atoms with Crippen molar-refractivity contribution in [1.82, 2.24) is 5.43 Å². The summed E-state index contributed by atoms with van der Waals surface area (Å²) in [5.74, 6) is 0.957. The lowest BCUT2D eigenvalue weighted by Crippen LogP contribution is -2.25. The van der Waals surface area contributed by atoms with Crippen LogP contribution in [0.5, 0.6) is 11.5 Å². The minimum atomic E-state index is -0.539. The highest BCUT2D eigenvalue weighted by molar-refractivity contribution is 5.89. The van der Waals surface area contributed by atoms with Gasteiger partial charge in [0.2, 0.25) is 0 Å². The first-order chi connectivity index (χ1) is 15.9. The fourth-order valence-electron chi connectivity index (χ4n) is 2.94. The van der Waals surface area contributed by atoms with Gasteiger partial charge in [0.25, 0.3) is 5.91 Å². The topological polar surface area (TPSA) is 90.1 Å². The smallest absolute Gasteiger partial charge is 0.336 e. The van der Waals surface area contributed by atoms with Crippen molar-refractivity contribution in [2.75, 3.05) is 6.61 Å². The van der Waals surface area contributed by atoms with Crippen molar-refractivity contribution in [1.29, 1.82) is 0 Å². The van der Waals surface area contributed by atoms with Gasteiger partial charge >= 0.3 is 5.97 Å². The molecule has 0 aliphatic heterocycles. The largest absolute Gasteiger partial charge is 0.483 e. The normalized spacial score (nSPS) is 11.3. The third-order valence-electron chi connectivity index (χ3n) is 4.56. The molecule has 3 aromatic rings. The van der Waals surface area contributed by atoms with Gasteiger partial charge in [0, 0.05) is 6.08 Å². The molecule has 0 bridgehead atoms. The summed E-state index contributed by atoms with van der Waals surface area (Å²) in [6.45, 7) is 5.97. The van der Waals surface area contributed by atoms with Crippen LogP contribution in [0.1, 0.15) is 42.2 Å². The van der Waals surface area contributed by atoms with Gasteiger partial charge in [-0.3, -0.25) is 4.79 Å². The molecule has 0 saturated heterocycles. The standard InChI is InChI=1S/C26H26N2O5/c1-18(2)23-11-9-19(3)14-24(23)32-17-25(29)28-27-16-20-6-4-7-22(15-20)33-26(30)12-10-21-8-5-13-31-21/h4-16,18H,17H2,1-3H3,(H,28,29)/b12-10+,27-16-. The first kappa shape index (κ1) is 23.5. The summed E-state index contributed by atoms with van der Waals surface area (Å²) < 4.78 is 16.1. The van der Waals surface area contributed by atoms with E-state index >= 15 is 0 Å². The molecule has 0 radical (unpaired) electrons. The number of esters is 1. The van der Waals surface area contributed by atoms with Crippen molar-refractivity contribution in [2.45, 2.75) is 26.7 Å². The number of hydrazone groups is 1. The molecule has 33 heavy (non-hydrogen) atoms. The zero-order valence-electron chi connectivity index (χ0n) is 18.8. The summed E-state index contributed by atoms with van der Waals surface area (Å²) in [6, 6.07) is 16.2. The molecule has 0 fully saturated rings. The molecule has 170 valence electrons. The van der Waals surface area contributed by atoms with Gasteiger partial charge in [0.15, 0.2) is 6.61 Å². The average molecular weight is 447 g/mol. The van der Waals surface area contributed by atoms with Gasteiger partial charge in [0.05, 0.1) is 12.5 Å². The number of hydrogen-bond donors (Lipinski definition) is 1. The number of carbonyl (C=O) groups excluding carboxylic acids is 2. The molecule has 2 aromatic carbocycles. The Kier molecular flexibility index (Phi) is 8.18. The van der Waals surface area contributed by atoms with Crippen LogP contribution in [-0.4, -0.2) is 24.7 Å². The van der Waals surface area contributed by atoms with Gasteiger partial charge in [-0.05, 0) is 65.9 Å². The van der Waals surface area contributed by atoms with E-state index < -0.39 is 5.97 Å². The molecule has 0 saturated carbocycles. The maximum Gasteiger partial charge on any atom is 0.336 e. The maximum absolute atomic E-state index is 12.1. The highest BCUT2D eigenvalue weighted by atomic mass is 16.5. The van der Waals surface area contributed by atoms with Gasteiger partial charge in [-0.1, -0.05) is 38.1 Å². The number of hydrogen-bond acceptors (Lipinski definition) is 6. The number of rotatable bonds is 9. The average Bonchev–Trinajstić information content (AvgIpc) is 3.30. The number of amides is 1. The molecule has 1 heterocycles. The summed E-state index contributed by atoms with van der Waals surface area (Å²) in [4.78, 5) is 24.1. The zero-order valence-corrected chi connectivity index (χ0v) is 18.8. The molecule has 1 aromatic heterocycles. The quantitative estimate of drug-likeness (QED) is 0.167. The van der Waals surface area contributed by atoms with Crippen LogP contribution in [0.3, 0.4) is 0 Å². The molecule has 3 rings (SSSR count). The summed E-state index contributed by atoms with van der Waals surface area (Å²) >= 11 is 0. The molecule has 7 nitrogen and oxygen atoms in total. The summed E-state index contributed by atoms with van der Waals surface area (Å²) in [5, 5.41) is 3.95. The fraction of sp³-hybridized carbons (Fsp3) is 0.192. The van der Waals surface area contributed by atoms with E-state index in [0.29, 0.717) is 22.8 Å². The molecule has 0 aliphatic rings. The van der Waals surface area contributed by atoms with Crippen LogP contribution in [0.2, 0.25) is 0 Å². The third kappa shape index (κ3) is 7.50. The minimum Gasteiger partial charge on any atom is -0.483 e. The predicted octanol–water partition coefficient (Wildman–Crippen LogP) is 4.86. The third-order valence-corrected chi connectivity index (χ3v) is 4.56. The summed E-state index contributed by atoms with van der Waals surface area (Å²) in [5.41, 5.74) is 5.19. The van der Waals surface area contributed by atoms with Crippen molar-refractivity contribution >= 4 is 24.2 Å². The summed E-state index contributed by atoms with van der Waals surface area (Å²) in [6.07, 6.45) is 5.77. The highest BCUT2D eigenvalue weighted by Crippen LogP contribution is 2.27. The lowest BCUT2D eigenvalue weighted by molar-refractivity contribution is -0.129. The second-order valence-corrected chi connectivity index (χ2v) is 7.62. The molecule has 0 unspecified atom stereocenters. The second-order valence-electron chi connectivity index (χ2n) is 7.62. The monoisotopic (exact) mass is 446 g/mol. The van der Waals surface area contributed by atoms with Crippen LogP contribution in [-0.2, 0) is 9.59 Å². The molecule has 7 heteroatoms. The Morgan fingerprint density at radius 3 is 2.73 bits per heavy atom. The number of benzene rings is 2. The SMILES string of the molecule is Cc1ccc(C(C)C)c(OCC(=O)N/N=C\c2cccc(OC(=O)/C=C/c3ccco3)c2)c1. The van der Waals surface area contributed by atoms with E-state index in [1.807, 2.05) is 25.1 Å². The number of furan rings is 1. The van der Waals surface area contributed by atoms with Crippen molar-refractivity contribution < 1.29 is 23.5 Å². The Morgan fingerprint density at radius 2 is 1.97 bits per heavy atom.